The molecular weight excluding hydrogens is 613 g/mol. The predicted octanol–water partition coefficient (Wildman–Crippen LogP) is 6.58. The van der Waals surface area contributed by atoms with Gasteiger partial charge < -0.3 is 25.0 Å². The Balaban J connectivity index is 1.24. The van der Waals surface area contributed by atoms with Gasteiger partial charge in [0.15, 0.2) is 0 Å². The summed E-state index contributed by atoms with van der Waals surface area (Å²) in [6.07, 6.45) is 8.03. The van der Waals surface area contributed by atoms with E-state index in [4.69, 9.17) is 19.4 Å². The van der Waals surface area contributed by atoms with Crippen molar-refractivity contribution in [3.8, 4) is 17.0 Å². The molecule has 42 heavy (non-hydrogen) atoms. The minimum absolute atomic E-state index is 0.412. The van der Waals surface area contributed by atoms with E-state index >= 15 is 0 Å². The summed E-state index contributed by atoms with van der Waals surface area (Å²) in [6, 6.07) is 10.6. The summed E-state index contributed by atoms with van der Waals surface area (Å²) < 4.78 is 12.1. The van der Waals surface area contributed by atoms with Gasteiger partial charge in [-0.05, 0) is 78.1 Å². The van der Waals surface area contributed by atoms with Crippen LogP contribution in [0.25, 0.3) is 11.3 Å². The third kappa shape index (κ3) is 6.36. The molecule has 2 aliphatic rings. The van der Waals surface area contributed by atoms with E-state index in [2.05, 4.69) is 86.0 Å². The van der Waals surface area contributed by atoms with Gasteiger partial charge in [-0.15, -0.1) is 0 Å². The van der Waals surface area contributed by atoms with Gasteiger partial charge in [-0.1, -0.05) is 14.0 Å². The fraction of sp³-hybridized carbons (Fsp3) is 0.355. The molecule has 1 saturated carbocycles. The van der Waals surface area contributed by atoms with Crippen LogP contribution in [0, 0.1) is 6.92 Å². The molecule has 2 aromatic carbocycles. The number of anilines is 5. The number of nitrogens with zero attached hydrogens (tertiary/aromatic N) is 5. The van der Waals surface area contributed by atoms with Crippen molar-refractivity contribution in [2.24, 2.45) is 0 Å². The van der Waals surface area contributed by atoms with Crippen LogP contribution < -0.4 is 25.6 Å². The number of methoxy groups -OCH3 is 1. The fourth-order valence-electron chi connectivity index (χ4n) is 5.03. The summed E-state index contributed by atoms with van der Waals surface area (Å²) in [6.45, 7) is 9.69. The lowest BCUT2D eigenvalue weighted by molar-refractivity contribution is 0.122. The lowest BCUT2D eigenvalue weighted by Crippen LogP contribution is -2.36. The normalized spacial score (nSPS) is 15.1. The topological polar surface area (TPSA) is 97.3 Å². The van der Waals surface area contributed by atoms with Crippen molar-refractivity contribution in [3.63, 3.8) is 0 Å². The average Bonchev–Trinajstić information content (AvgIpc) is 3.86. The first-order valence-corrected chi connectivity index (χ1v) is 17.1. The summed E-state index contributed by atoms with van der Waals surface area (Å²) in [5, 5.41) is 8.18. The predicted molar refractivity (Wildman–Crippen MR) is 175 cm³/mol. The van der Waals surface area contributed by atoms with Gasteiger partial charge in [-0.2, -0.15) is 4.98 Å². The van der Waals surface area contributed by atoms with E-state index in [1.807, 2.05) is 18.5 Å². The maximum absolute atomic E-state index is 5.76. The van der Waals surface area contributed by atoms with Crippen molar-refractivity contribution in [3.05, 3.63) is 64.7 Å². The number of morpholine rings is 1. The van der Waals surface area contributed by atoms with Gasteiger partial charge >= 0.3 is 0 Å². The number of hydrogen-bond acceptors (Lipinski definition) is 9. The van der Waals surface area contributed by atoms with E-state index in [1.54, 1.807) is 13.3 Å². The molecule has 2 aromatic heterocycles. The molecule has 0 unspecified atom stereocenters. The zero-order valence-corrected chi connectivity index (χ0v) is 26.8. The van der Waals surface area contributed by atoms with Gasteiger partial charge in [0.05, 0.1) is 48.1 Å². The molecule has 0 bridgehead atoms. The maximum Gasteiger partial charge on any atom is 0.229 e. The Labute approximate surface area is 256 Å². The number of halogens is 1. The third-order valence-electron chi connectivity index (χ3n) is 7.56. The quantitative estimate of drug-likeness (QED) is 0.195. The van der Waals surface area contributed by atoms with Crippen LogP contribution >= 0.6 is 23.9 Å². The number of benzene rings is 2. The molecule has 2 N–H and O–H groups in total. The van der Waals surface area contributed by atoms with Crippen LogP contribution in [0.5, 0.6) is 5.75 Å². The first-order chi connectivity index (χ1) is 20.4. The molecule has 1 saturated heterocycles. The zero-order valence-electron chi connectivity index (χ0n) is 24.3. The van der Waals surface area contributed by atoms with Crippen LogP contribution in [0.2, 0.25) is 0 Å². The van der Waals surface area contributed by atoms with E-state index < -0.39 is 7.92 Å². The Hall–Kier alpha value is -3.33. The van der Waals surface area contributed by atoms with Crippen LogP contribution in [0.4, 0.5) is 28.8 Å². The van der Waals surface area contributed by atoms with Crippen molar-refractivity contribution in [2.75, 3.05) is 62.3 Å². The number of hydrogen-bond donors (Lipinski definition) is 2. The third-order valence-corrected chi connectivity index (χ3v) is 9.48. The molecule has 218 valence electrons. The molecule has 0 atom stereocenters. The number of ether oxygens (including phenoxy) is 2. The summed E-state index contributed by atoms with van der Waals surface area (Å²) in [5.41, 5.74) is 7.11. The first kappa shape index (κ1) is 28.8. The van der Waals surface area contributed by atoms with E-state index in [0.29, 0.717) is 30.9 Å². The molecule has 1 aliphatic heterocycles. The average molecular weight is 649 g/mol. The molecule has 0 amide bonds. The molecule has 3 heterocycles. The smallest absolute Gasteiger partial charge is 0.229 e. The Bertz CT molecular complexity index is 1570. The highest BCUT2D eigenvalue weighted by Gasteiger charge is 2.25. The first-order valence-electron chi connectivity index (χ1n) is 14.1. The van der Waals surface area contributed by atoms with E-state index in [9.17, 15) is 0 Å². The lowest BCUT2D eigenvalue weighted by Gasteiger charge is -2.30. The minimum Gasteiger partial charge on any atom is -0.495 e. The Morgan fingerprint density at radius 3 is 2.48 bits per heavy atom. The van der Waals surface area contributed by atoms with Crippen LogP contribution in [-0.2, 0) is 4.74 Å². The van der Waals surface area contributed by atoms with Gasteiger partial charge in [-0.25, -0.2) is 4.98 Å². The van der Waals surface area contributed by atoms with E-state index in [1.165, 1.54) is 18.1 Å². The zero-order chi connectivity index (χ0) is 29.2. The maximum atomic E-state index is 5.76. The van der Waals surface area contributed by atoms with Crippen LogP contribution in [0.15, 0.2) is 53.4 Å². The summed E-state index contributed by atoms with van der Waals surface area (Å²) >= 11 is 3.64. The van der Waals surface area contributed by atoms with Crippen LogP contribution in [0.1, 0.15) is 30.0 Å². The monoisotopic (exact) mass is 647 g/mol. The number of rotatable bonds is 9. The second kappa shape index (κ2) is 12.5. The Morgan fingerprint density at radius 1 is 0.976 bits per heavy atom. The molecule has 6 rings (SSSR count). The van der Waals surface area contributed by atoms with Gasteiger partial charge in [0.25, 0.3) is 0 Å². The molecule has 0 radical (unpaired) electrons. The van der Waals surface area contributed by atoms with Gasteiger partial charge in [0.1, 0.15) is 11.6 Å². The molecule has 2 fully saturated rings. The molecule has 4 aromatic rings. The largest absolute Gasteiger partial charge is 0.495 e. The molecule has 9 nitrogen and oxygen atoms in total. The van der Waals surface area contributed by atoms with Crippen molar-refractivity contribution in [1.29, 1.82) is 0 Å². The Morgan fingerprint density at radius 2 is 1.79 bits per heavy atom. The summed E-state index contributed by atoms with van der Waals surface area (Å²) in [5.74, 6) is 2.57. The Kier molecular flexibility index (Phi) is 8.56. The number of aryl methyl sites for hydroxylation is 1. The standard InChI is InChI=1S/C31H35BrN7O2P/c1-19-13-27(39-9-11-41-12-10-39)28(40-2)15-24(19)37-31-35-16-22(32)30(38-31)36-23-8-7-21(14-29(23)42(3)4)26-18-33-25(17-34-26)20-5-6-20/h7-8,13-18,20H,5-6,9-12H2,1-4H3,(H2,35,36,37,38). The summed E-state index contributed by atoms with van der Waals surface area (Å²) in [4.78, 5) is 21.0. The van der Waals surface area contributed by atoms with Crippen molar-refractivity contribution >= 4 is 58.0 Å². The van der Waals surface area contributed by atoms with Crippen molar-refractivity contribution in [2.45, 2.75) is 25.7 Å². The van der Waals surface area contributed by atoms with E-state index in [0.717, 1.165) is 62.9 Å². The molecule has 0 spiro atoms. The van der Waals surface area contributed by atoms with Gasteiger partial charge in [0, 0.05) is 54.4 Å². The highest BCUT2D eigenvalue weighted by atomic mass is 79.9. The fourth-order valence-corrected chi connectivity index (χ4v) is 6.33. The SMILES string of the molecule is COc1cc(Nc2ncc(Br)c(Nc3ccc(-c4cnc(C5CC5)cn4)cc3P(C)C)n2)c(C)cc1N1CCOCC1. The number of nitrogens with one attached hydrogen (secondary N) is 2. The van der Waals surface area contributed by atoms with Crippen LogP contribution in [-0.4, -0.2) is 66.7 Å². The highest BCUT2D eigenvalue weighted by Crippen LogP contribution is 2.39. The minimum atomic E-state index is -0.412. The molecular formula is C31H35BrN7O2P. The van der Waals surface area contributed by atoms with E-state index in [-0.39, 0.29) is 0 Å². The van der Waals surface area contributed by atoms with Gasteiger partial charge in [0.2, 0.25) is 5.95 Å². The second-order valence-corrected chi connectivity index (χ2v) is 13.9. The summed E-state index contributed by atoms with van der Waals surface area (Å²) in [7, 11) is 1.29. The van der Waals surface area contributed by atoms with Crippen molar-refractivity contribution in [1.82, 2.24) is 19.9 Å². The lowest BCUT2D eigenvalue weighted by atomic mass is 10.1. The van der Waals surface area contributed by atoms with Gasteiger partial charge in [-0.3, -0.25) is 9.97 Å². The highest BCUT2D eigenvalue weighted by molar-refractivity contribution is 9.10. The second-order valence-electron chi connectivity index (χ2n) is 10.8. The van der Waals surface area contributed by atoms with Crippen LogP contribution in [0.3, 0.4) is 0 Å². The van der Waals surface area contributed by atoms with Crippen molar-refractivity contribution < 1.29 is 9.47 Å². The molecule has 1 aliphatic carbocycles. The number of aromatic nitrogens is 4. The molecule has 11 heteroatoms.